The Kier molecular flexibility index (Phi) is 4.16. The lowest BCUT2D eigenvalue weighted by Gasteiger charge is -2.38. The van der Waals surface area contributed by atoms with Gasteiger partial charge in [-0.2, -0.15) is 0 Å². The Labute approximate surface area is 112 Å². The lowest BCUT2D eigenvalue weighted by Crippen LogP contribution is -2.65. The molecule has 1 aliphatic rings. The number of β-lactam (4-membered cyclic amide) rings is 1. The quantitative estimate of drug-likeness (QED) is 0.472. The van der Waals surface area contributed by atoms with Crippen molar-refractivity contribution < 1.29 is 14.4 Å². The van der Waals surface area contributed by atoms with Crippen LogP contribution in [0.15, 0.2) is 30.3 Å². The predicted molar refractivity (Wildman–Crippen MR) is 69.6 cm³/mol. The van der Waals surface area contributed by atoms with Crippen molar-refractivity contribution in [2.24, 2.45) is 11.8 Å². The van der Waals surface area contributed by atoms with E-state index in [1.54, 1.807) is 0 Å². The van der Waals surface area contributed by atoms with Crippen molar-refractivity contribution in [2.75, 3.05) is 0 Å². The second-order valence-corrected chi connectivity index (χ2v) is 5.00. The first-order valence-corrected chi connectivity index (χ1v) is 6.35. The summed E-state index contributed by atoms with van der Waals surface area (Å²) in [4.78, 5) is 28.4. The fourth-order valence-corrected chi connectivity index (χ4v) is 2.07. The number of hydroxylamine groups is 1. The number of carbonyl (C=O) groups excluding carboxylic acids is 2. The molecule has 5 nitrogen and oxygen atoms in total. The van der Waals surface area contributed by atoms with Crippen molar-refractivity contribution in [1.29, 1.82) is 0 Å². The highest BCUT2D eigenvalue weighted by Gasteiger charge is 2.46. The number of rotatable bonds is 5. The van der Waals surface area contributed by atoms with Gasteiger partial charge in [-0.05, 0) is 11.5 Å². The largest absolute Gasteiger partial charge is 0.351 e. The third-order valence-corrected chi connectivity index (χ3v) is 3.21. The zero-order valence-corrected chi connectivity index (χ0v) is 11.1. The van der Waals surface area contributed by atoms with Gasteiger partial charge in [-0.15, -0.1) is 0 Å². The van der Waals surface area contributed by atoms with Crippen LogP contribution in [0.2, 0.25) is 0 Å². The molecule has 2 N–H and O–H groups in total. The summed E-state index contributed by atoms with van der Waals surface area (Å²) in [6, 6.07) is 9.41. The van der Waals surface area contributed by atoms with Gasteiger partial charge in [0.2, 0.25) is 5.91 Å². The monoisotopic (exact) mass is 262 g/mol. The molecule has 1 saturated heterocycles. The van der Waals surface area contributed by atoms with Crippen molar-refractivity contribution >= 4 is 11.8 Å². The number of amides is 2. The molecule has 0 bridgehead atoms. The third kappa shape index (κ3) is 3.12. The van der Waals surface area contributed by atoms with E-state index < -0.39 is 5.92 Å². The van der Waals surface area contributed by atoms with Crippen LogP contribution in [-0.4, -0.2) is 17.9 Å². The Morgan fingerprint density at radius 3 is 2.63 bits per heavy atom. The molecule has 2 amide bonds. The van der Waals surface area contributed by atoms with E-state index in [1.807, 2.05) is 44.2 Å². The molecule has 0 saturated carbocycles. The second kappa shape index (κ2) is 5.84. The Morgan fingerprint density at radius 1 is 1.37 bits per heavy atom. The van der Waals surface area contributed by atoms with Crippen LogP contribution in [0, 0.1) is 11.8 Å². The van der Waals surface area contributed by atoms with Gasteiger partial charge in [0, 0.05) is 0 Å². The standard InChI is InChI=1S/C14H18N2O3/c1-9(2)12-11(13(17)15-12)14(18)16-19-8-10-6-4-3-5-7-10/h3-7,9,11-12H,8H2,1-2H3,(H,15,17)(H,16,18). The van der Waals surface area contributed by atoms with Crippen molar-refractivity contribution in [1.82, 2.24) is 10.8 Å². The molecule has 102 valence electrons. The van der Waals surface area contributed by atoms with Crippen molar-refractivity contribution in [3.8, 4) is 0 Å². The van der Waals surface area contributed by atoms with Gasteiger partial charge < -0.3 is 5.32 Å². The summed E-state index contributed by atoms with van der Waals surface area (Å²) in [7, 11) is 0. The van der Waals surface area contributed by atoms with E-state index in [2.05, 4.69) is 10.8 Å². The number of benzene rings is 1. The van der Waals surface area contributed by atoms with Gasteiger partial charge in [-0.3, -0.25) is 14.4 Å². The Bertz CT molecular complexity index is 459. The molecule has 19 heavy (non-hydrogen) atoms. The SMILES string of the molecule is CC(C)C1NC(=O)C1C(=O)NOCc1ccccc1. The van der Waals surface area contributed by atoms with Crippen LogP contribution in [0.5, 0.6) is 0 Å². The molecule has 1 heterocycles. The number of carbonyl (C=O) groups is 2. The van der Waals surface area contributed by atoms with Gasteiger partial charge in [0.25, 0.3) is 5.91 Å². The van der Waals surface area contributed by atoms with Crippen LogP contribution in [0.1, 0.15) is 19.4 Å². The van der Waals surface area contributed by atoms with Crippen LogP contribution < -0.4 is 10.8 Å². The lowest BCUT2D eigenvalue weighted by molar-refractivity contribution is -0.153. The maximum absolute atomic E-state index is 11.8. The molecule has 2 unspecified atom stereocenters. The minimum Gasteiger partial charge on any atom is -0.351 e. The van der Waals surface area contributed by atoms with Crippen LogP contribution in [0.25, 0.3) is 0 Å². The molecule has 0 radical (unpaired) electrons. The Hall–Kier alpha value is -1.88. The van der Waals surface area contributed by atoms with Gasteiger partial charge in [-0.25, -0.2) is 5.48 Å². The molecule has 2 atom stereocenters. The first-order chi connectivity index (χ1) is 9.09. The average molecular weight is 262 g/mol. The van der Waals surface area contributed by atoms with Crippen LogP contribution >= 0.6 is 0 Å². The summed E-state index contributed by atoms with van der Waals surface area (Å²) in [5, 5.41) is 2.73. The molecule has 0 aliphatic carbocycles. The molecule has 1 fully saturated rings. The van der Waals surface area contributed by atoms with Gasteiger partial charge in [0.1, 0.15) is 5.92 Å². The minimum atomic E-state index is -0.643. The van der Waals surface area contributed by atoms with Crippen molar-refractivity contribution in [2.45, 2.75) is 26.5 Å². The van der Waals surface area contributed by atoms with Crippen molar-refractivity contribution in [3.05, 3.63) is 35.9 Å². The Morgan fingerprint density at radius 2 is 2.05 bits per heavy atom. The molecular formula is C14H18N2O3. The summed E-state index contributed by atoms with van der Waals surface area (Å²) in [5.74, 6) is -1.03. The van der Waals surface area contributed by atoms with Gasteiger partial charge in [0.05, 0.1) is 12.6 Å². The summed E-state index contributed by atoms with van der Waals surface area (Å²) >= 11 is 0. The zero-order chi connectivity index (χ0) is 13.8. The van der Waals surface area contributed by atoms with Gasteiger partial charge in [-0.1, -0.05) is 44.2 Å². The highest BCUT2D eigenvalue weighted by molar-refractivity contribution is 6.05. The maximum Gasteiger partial charge on any atom is 0.258 e. The molecule has 1 aromatic carbocycles. The van der Waals surface area contributed by atoms with Crippen molar-refractivity contribution in [3.63, 3.8) is 0 Å². The Balaban J connectivity index is 1.80. The highest BCUT2D eigenvalue weighted by atomic mass is 16.6. The third-order valence-electron chi connectivity index (χ3n) is 3.21. The summed E-state index contributed by atoms with van der Waals surface area (Å²) < 4.78 is 0. The molecule has 0 aromatic heterocycles. The number of nitrogens with one attached hydrogen (secondary N) is 2. The molecule has 0 spiro atoms. The van der Waals surface area contributed by atoms with Gasteiger partial charge in [0.15, 0.2) is 0 Å². The molecule has 2 rings (SSSR count). The van der Waals surface area contributed by atoms with Crippen LogP contribution in [0.4, 0.5) is 0 Å². The summed E-state index contributed by atoms with van der Waals surface area (Å²) in [5.41, 5.74) is 3.31. The maximum atomic E-state index is 11.8. The van der Waals surface area contributed by atoms with Crippen LogP contribution in [-0.2, 0) is 21.0 Å². The van der Waals surface area contributed by atoms with E-state index >= 15 is 0 Å². The minimum absolute atomic E-state index is 0.104. The van der Waals surface area contributed by atoms with E-state index in [-0.39, 0.29) is 30.4 Å². The predicted octanol–water partition coefficient (Wildman–Crippen LogP) is 1.00. The molecule has 5 heteroatoms. The number of hydrogen-bond acceptors (Lipinski definition) is 3. The average Bonchev–Trinajstić information content (AvgIpc) is 2.36. The first-order valence-electron chi connectivity index (χ1n) is 6.35. The molecular weight excluding hydrogens is 244 g/mol. The second-order valence-electron chi connectivity index (χ2n) is 5.00. The van der Waals surface area contributed by atoms with E-state index in [0.717, 1.165) is 5.56 Å². The summed E-state index contributed by atoms with van der Waals surface area (Å²) in [6.07, 6.45) is 0. The fraction of sp³-hybridized carbons (Fsp3) is 0.429. The normalized spacial score (nSPS) is 21.7. The first kappa shape index (κ1) is 13.5. The van der Waals surface area contributed by atoms with Crippen LogP contribution in [0.3, 0.4) is 0 Å². The topological polar surface area (TPSA) is 67.4 Å². The van der Waals surface area contributed by atoms with Gasteiger partial charge >= 0.3 is 0 Å². The smallest absolute Gasteiger partial charge is 0.258 e. The lowest BCUT2D eigenvalue weighted by atomic mass is 9.82. The molecule has 1 aromatic rings. The van der Waals surface area contributed by atoms with E-state index in [9.17, 15) is 9.59 Å². The zero-order valence-electron chi connectivity index (χ0n) is 11.1. The summed E-state index contributed by atoms with van der Waals surface area (Å²) in [6.45, 7) is 4.22. The number of hydrogen-bond donors (Lipinski definition) is 2. The van der Waals surface area contributed by atoms with E-state index in [0.29, 0.717) is 0 Å². The van der Waals surface area contributed by atoms with E-state index in [4.69, 9.17) is 4.84 Å². The molecule has 1 aliphatic heterocycles. The highest BCUT2D eigenvalue weighted by Crippen LogP contribution is 2.22. The van der Waals surface area contributed by atoms with E-state index in [1.165, 1.54) is 0 Å². The fourth-order valence-electron chi connectivity index (χ4n) is 2.07.